The van der Waals surface area contributed by atoms with Gasteiger partial charge in [-0.3, -0.25) is 15.0 Å². The second-order valence-corrected chi connectivity index (χ2v) is 9.71. The van der Waals surface area contributed by atoms with Crippen LogP contribution in [0.2, 0.25) is 0 Å². The minimum atomic E-state index is -5.02. The Balaban J connectivity index is 1.48. The summed E-state index contributed by atoms with van der Waals surface area (Å²) in [4.78, 5) is 14.3. The van der Waals surface area contributed by atoms with Crippen LogP contribution in [0.1, 0.15) is 11.1 Å². The summed E-state index contributed by atoms with van der Waals surface area (Å²) < 4.78 is 58.8. The van der Waals surface area contributed by atoms with E-state index in [0.717, 1.165) is 17.3 Å². The van der Waals surface area contributed by atoms with Gasteiger partial charge in [0, 0.05) is 74.2 Å². The number of rotatable bonds is 7. The number of nitro groups is 1. The number of benzene rings is 3. The molecule has 4 aromatic rings. The van der Waals surface area contributed by atoms with Crippen LogP contribution in [0.15, 0.2) is 79.0 Å². The monoisotopic (exact) mass is 542 g/mol. The standard InChI is InChI=1S/C28H26F4N4O3/c29-21-6-8-22(9-7-21)34-14-12-33(13-15-34)19-27(37,28(30,31)32)25-18-35(17-20-4-2-1-3-5-20)26-16-23(36(38)39)10-11-24(25)26/h1-11,16,18,37H,12-15,17,19H2. The van der Waals surface area contributed by atoms with Crippen molar-refractivity contribution in [3.63, 3.8) is 0 Å². The van der Waals surface area contributed by atoms with E-state index in [4.69, 9.17) is 0 Å². The Morgan fingerprint density at radius 2 is 1.59 bits per heavy atom. The average molecular weight is 543 g/mol. The summed E-state index contributed by atoms with van der Waals surface area (Å²) in [7, 11) is 0. The summed E-state index contributed by atoms with van der Waals surface area (Å²) in [5, 5.41) is 22.9. The molecule has 1 aliphatic heterocycles. The van der Waals surface area contributed by atoms with Gasteiger partial charge in [0.25, 0.3) is 5.69 Å². The molecule has 1 atom stereocenters. The van der Waals surface area contributed by atoms with Crippen molar-refractivity contribution in [2.24, 2.45) is 0 Å². The largest absolute Gasteiger partial charge is 0.422 e. The van der Waals surface area contributed by atoms with E-state index in [0.29, 0.717) is 13.1 Å². The third-order valence-corrected chi connectivity index (χ3v) is 7.20. The third-order valence-electron chi connectivity index (χ3n) is 7.20. The van der Waals surface area contributed by atoms with Gasteiger partial charge in [-0.05, 0) is 35.9 Å². The van der Waals surface area contributed by atoms with E-state index in [2.05, 4.69) is 0 Å². The number of β-amino-alcohol motifs (C(OH)–C–C–N with tert-alkyl or cyclic N) is 1. The first-order chi connectivity index (χ1) is 18.5. The van der Waals surface area contributed by atoms with Gasteiger partial charge in [0.05, 0.1) is 10.4 Å². The van der Waals surface area contributed by atoms with Crippen LogP contribution < -0.4 is 4.90 Å². The molecule has 0 bridgehead atoms. The summed E-state index contributed by atoms with van der Waals surface area (Å²) >= 11 is 0. The van der Waals surface area contributed by atoms with Crippen molar-refractivity contribution < 1.29 is 27.6 Å². The van der Waals surface area contributed by atoms with Crippen LogP contribution in [0.5, 0.6) is 0 Å². The van der Waals surface area contributed by atoms with Crippen molar-refractivity contribution in [1.82, 2.24) is 9.47 Å². The van der Waals surface area contributed by atoms with Crippen molar-refractivity contribution in [2.75, 3.05) is 37.6 Å². The molecular weight excluding hydrogens is 516 g/mol. The van der Waals surface area contributed by atoms with Gasteiger partial charge >= 0.3 is 6.18 Å². The number of hydrogen-bond acceptors (Lipinski definition) is 5. The summed E-state index contributed by atoms with van der Waals surface area (Å²) in [5.41, 5.74) is -2.04. The second kappa shape index (κ2) is 10.3. The first-order valence-electron chi connectivity index (χ1n) is 12.4. The van der Waals surface area contributed by atoms with Gasteiger partial charge in [0.2, 0.25) is 5.60 Å². The number of non-ortho nitro benzene ring substituents is 1. The number of aromatic nitrogens is 1. The first kappa shape index (κ1) is 26.6. The normalized spacial score (nSPS) is 16.4. The van der Waals surface area contributed by atoms with Crippen molar-refractivity contribution >= 4 is 22.3 Å². The SMILES string of the molecule is O=[N+]([O-])c1ccc2c(C(O)(CN3CCN(c4ccc(F)cc4)CC3)C(F)(F)F)cn(Cc3ccccc3)c2c1. The minimum absolute atomic E-state index is 0.0984. The van der Waals surface area contributed by atoms with Crippen molar-refractivity contribution in [1.29, 1.82) is 0 Å². The number of alkyl halides is 3. The van der Waals surface area contributed by atoms with Gasteiger partial charge in [-0.2, -0.15) is 13.2 Å². The molecule has 1 fully saturated rings. The number of piperazine rings is 1. The van der Waals surface area contributed by atoms with Gasteiger partial charge in [0.1, 0.15) is 5.82 Å². The van der Waals surface area contributed by atoms with E-state index in [1.54, 1.807) is 41.3 Å². The fraction of sp³-hybridized carbons (Fsp3) is 0.286. The molecule has 1 aliphatic rings. The lowest BCUT2D eigenvalue weighted by Gasteiger charge is -2.40. The molecule has 2 heterocycles. The molecule has 0 amide bonds. The van der Waals surface area contributed by atoms with Gasteiger partial charge < -0.3 is 14.6 Å². The number of aliphatic hydroxyl groups is 1. The lowest BCUT2D eigenvalue weighted by Crippen LogP contribution is -2.55. The lowest BCUT2D eigenvalue weighted by molar-refractivity contribution is -0.384. The van der Waals surface area contributed by atoms with Crippen LogP contribution in [-0.4, -0.2) is 58.4 Å². The molecule has 1 saturated heterocycles. The van der Waals surface area contributed by atoms with Crippen LogP contribution in [-0.2, 0) is 12.1 Å². The van der Waals surface area contributed by atoms with Crippen LogP contribution in [0.25, 0.3) is 10.9 Å². The first-order valence-corrected chi connectivity index (χ1v) is 12.4. The van der Waals surface area contributed by atoms with Crippen LogP contribution >= 0.6 is 0 Å². The van der Waals surface area contributed by atoms with Gasteiger partial charge in [-0.1, -0.05) is 30.3 Å². The Hall–Kier alpha value is -3.96. The van der Waals surface area contributed by atoms with Crippen molar-refractivity contribution in [3.8, 4) is 0 Å². The fourth-order valence-electron chi connectivity index (χ4n) is 5.10. The molecule has 3 aromatic carbocycles. The lowest BCUT2D eigenvalue weighted by atomic mass is 9.91. The summed E-state index contributed by atoms with van der Waals surface area (Å²) in [6.45, 7) is 0.787. The molecule has 1 N–H and O–H groups in total. The van der Waals surface area contributed by atoms with Crippen LogP contribution in [0.3, 0.4) is 0 Å². The zero-order valence-corrected chi connectivity index (χ0v) is 20.8. The van der Waals surface area contributed by atoms with Crippen LogP contribution in [0, 0.1) is 15.9 Å². The number of nitro benzene ring substituents is 1. The van der Waals surface area contributed by atoms with E-state index in [9.17, 15) is 32.8 Å². The summed E-state index contributed by atoms with van der Waals surface area (Å²) in [5.74, 6) is -0.371. The Labute approximate surface area is 221 Å². The Morgan fingerprint density at radius 3 is 2.21 bits per heavy atom. The number of halogens is 4. The fourth-order valence-corrected chi connectivity index (χ4v) is 5.10. The average Bonchev–Trinajstić information content (AvgIpc) is 3.27. The van der Waals surface area contributed by atoms with Gasteiger partial charge in [-0.15, -0.1) is 0 Å². The highest BCUT2D eigenvalue weighted by Crippen LogP contribution is 2.44. The highest BCUT2D eigenvalue weighted by atomic mass is 19.4. The van der Waals surface area contributed by atoms with E-state index in [-0.39, 0.29) is 47.6 Å². The molecule has 0 spiro atoms. The van der Waals surface area contributed by atoms with E-state index in [1.165, 1.54) is 35.0 Å². The molecule has 0 aliphatic carbocycles. The molecule has 204 valence electrons. The smallest absolute Gasteiger partial charge is 0.375 e. The Kier molecular flexibility index (Phi) is 7.04. The second-order valence-electron chi connectivity index (χ2n) is 9.71. The highest BCUT2D eigenvalue weighted by Gasteiger charge is 2.57. The minimum Gasteiger partial charge on any atom is -0.375 e. The molecule has 5 rings (SSSR count). The van der Waals surface area contributed by atoms with E-state index >= 15 is 0 Å². The maximum Gasteiger partial charge on any atom is 0.422 e. The van der Waals surface area contributed by atoms with Gasteiger partial charge in [-0.25, -0.2) is 4.39 Å². The van der Waals surface area contributed by atoms with Crippen LogP contribution in [0.4, 0.5) is 28.9 Å². The molecule has 7 nitrogen and oxygen atoms in total. The molecule has 11 heteroatoms. The third kappa shape index (κ3) is 5.32. The molecule has 0 radical (unpaired) electrons. The Bertz CT molecular complexity index is 1470. The molecule has 1 aromatic heterocycles. The summed E-state index contributed by atoms with van der Waals surface area (Å²) in [6, 6.07) is 18.6. The maximum absolute atomic E-state index is 14.7. The molecule has 39 heavy (non-hydrogen) atoms. The van der Waals surface area contributed by atoms with Crippen molar-refractivity contribution in [2.45, 2.75) is 18.3 Å². The predicted octanol–water partition coefficient (Wildman–Crippen LogP) is 5.31. The van der Waals surface area contributed by atoms with E-state index in [1.807, 2.05) is 11.0 Å². The molecular formula is C28H26F4N4O3. The van der Waals surface area contributed by atoms with E-state index < -0.39 is 23.2 Å². The highest BCUT2D eigenvalue weighted by molar-refractivity contribution is 5.87. The van der Waals surface area contributed by atoms with Gasteiger partial charge in [0.15, 0.2) is 0 Å². The molecule has 0 saturated carbocycles. The predicted molar refractivity (Wildman–Crippen MR) is 139 cm³/mol. The topological polar surface area (TPSA) is 74.8 Å². The van der Waals surface area contributed by atoms with Crippen molar-refractivity contribution in [3.05, 3.63) is 106 Å². The number of nitrogens with zero attached hydrogens (tertiary/aromatic N) is 4. The Morgan fingerprint density at radius 1 is 0.923 bits per heavy atom. The molecule has 1 unspecified atom stereocenters. The zero-order valence-electron chi connectivity index (χ0n) is 20.8. The zero-order chi connectivity index (χ0) is 27.8. The number of fused-ring (bicyclic) bond motifs is 1. The maximum atomic E-state index is 14.7. The number of anilines is 1. The quantitative estimate of drug-likeness (QED) is 0.195. The number of hydrogen-bond donors (Lipinski definition) is 1. The summed E-state index contributed by atoms with van der Waals surface area (Å²) in [6.07, 6.45) is -3.77.